The lowest BCUT2D eigenvalue weighted by atomic mass is 10.1. The summed E-state index contributed by atoms with van der Waals surface area (Å²) >= 11 is 0. The van der Waals surface area contributed by atoms with E-state index < -0.39 is 12.7 Å². The van der Waals surface area contributed by atoms with Crippen molar-refractivity contribution in [2.45, 2.75) is 6.04 Å². The average molecular weight is 171 g/mol. The molecule has 0 spiro atoms. The van der Waals surface area contributed by atoms with Crippen LogP contribution in [0.3, 0.4) is 0 Å². The summed E-state index contributed by atoms with van der Waals surface area (Å²) in [6.07, 6.45) is 0. The van der Waals surface area contributed by atoms with Crippen LogP contribution in [0.25, 0.3) is 0 Å². The van der Waals surface area contributed by atoms with Crippen LogP contribution in [0.5, 0.6) is 11.5 Å². The maximum absolute atomic E-state index is 12.1. The number of nitrogens with two attached hydrogens (primary N) is 1. The van der Waals surface area contributed by atoms with Crippen molar-refractivity contribution in [1.82, 2.24) is 0 Å². The van der Waals surface area contributed by atoms with E-state index in [0.29, 0.717) is 0 Å². The van der Waals surface area contributed by atoms with Gasteiger partial charge >= 0.3 is 0 Å². The van der Waals surface area contributed by atoms with E-state index >= 15 is 0 Å². The van der Waals surface area contributed by atoms with Gasteiger partial charge in [-0.05, 0) is 18.2 Å². The Labute approximate surface area is 69.3 Å². The van der Waals surface area contributed by atoms with Gasteiger partial charge in [0.2, 0.25) is 0 Å². The summed E-state index contributed by atoms with van der Waals surface area (Å²) in [7, 11) is 0. The molecule has 66 valence electrons. The third-order valence-corrected chi connectivity index (χ3v) is 1.58. The van der Waals surface area contributed by atoms with Crippen molar-refractivity contribution >= 4 is 0 Å². The van der Waals surface area contributed by atoms with Gasteiger partial charge < -0.3 is 15.9 Å². The summed E-state index contributed by atoms with van der Waals surface area (Å²) < 4.78 is 12.1. The van der Waals surface area contributed by atoms with Gasteiger partial charge in [-0.3, -0.25) is 0 Å². The fraction of sp³-hybridized carbons (Fsp3) is 0.250. The lowest BCUT2D eigenvalue weighted by molar-refractivity contribution is 0.410. The fourth-order valence-corrected chi connectivity index (χ4v) is 0.922. The van der Waals surface area contributed by atoms with Gasteiger partial charge in [0.05, 0.1) is 6.04 Å². The van der Waals surface area contributed by atoms with Crippen LogP contribution in [0.4, 0.5) is 4.39 Å². The summed E-state index contributed by atoms with van der Waals surface area (Å²) in [6, 6.07) is 2.96. The number of phenolic OH excluding ortho intramolecular Hbond substituents is 2. The van der Waals surface area contributed by atoms with Gasteiger partial charge in [-0.1, -0.05) is 0 Å². The minimum atomic E-state index is -0.878. The number of hydrogen-bond acceptors (Lipinski definition) is 3. The van der Waals surface area contributed by atoms with Gasteiger partial charge in [0.1, 0.15) is 18.2 Å². The second-order valence-electron chi connectivity index (χ2n) is 2.50. The Bertz CT molecular complexity index is 278. The monoisotopic (exact) mass is 171 g/mol. The van der Waals surface area contributed by atoms with Crippen molar-refractivity contribution < 1.29 is 14.6 Å². The molecule has 12 heavy (non-hydrogen) atoms. The van der Waals surface area contributed by atoms with Crippen LogP contribution in [0.1, 0.15) is 11.6 Å². The van der Waals surface area contributed by atoms with Crippen LogP contribution in [0, 0.1) is 0 Å². The molecule has 1 aromatic rings. The zero-order chi connectivity index (χ0) is 9.14. The first kappa shape index (κ1) is 8.80. The van der Waals surface area contributed by atoms with Crippen molar-refractivity contribution in [2.24, 2.45) is 5.73 Å². The van der Waals surface area contributed by atoms with Crippen molar-refractivity contribution in [3.8, 4) is 11.5 Å². The van der Waals surface area contributed by atoms with E-state index in [1.807, 2.05) is 0 Å². The normalized spacial score (nSPS) is 12.8. The predicted octanol–water partition coefficient (Wildman–Crippen LogP) is 1.07. The molecule has 0 saturated carbocycles. The van der Waals surface area contributed by atoms with E-state index in [0.717, 1.165) is 0 Å². The molecule has 0 saturated heterocycles. The number of benzene rings is 1. The first-order chi connectivity index (χ1) is 5.65. The van der Waals surface area contributed by atoms with E-state index in [1.165, 1.54) is 18.2 Å². The molecule has 0 aliphatic carbocycles. The molecule has 0 aliphatic rings. The molecule has 1 atom stereocenters. The van der Waals surface area contributed by atoms with Gasteiger partial charge in [-0.25, -0.2) is 4.39 Å². The highest BCUT2D eigenvalue weighted by atomic mass is 19.1. The third kappa shape index (κ3) is 1.65. The first-order valence-electron chi connectivity index (χ1n) is 3.48. The lowest BCUT2D eigenvalue weighted by Crippen LogP contribution is -2.12. The highest BCUT2D eigenvalue weighted by molar-refractivity contribution is 5.40. The zero-order valence-electron chi connectivity index (χ0n) is 6.37. The highest BCUT2D eigenvalue weighted by Crippen LogP contribution is 2.26. The Balaban J connectivity index is 3.04. The largest absolute Gasteiger partial charge is 0.508 e. The summed E-state index contributed by atoms with van der Waals surface area (Å²) in [6.45, 7) is -0.767. The summed E-state index contributed by atoms with van der Waals surface area (Å²) in [5.74, 6) is -0.135. The van der Waals surface area contributed by atoms with Gasteiger partial charge in [0.15, 0.2) is 0 Å². The Hall–Kier alpha value is -1.29. The van der Waals surface area contributed by atoms with E-state index in [9.17, 15) is 9.50 Å². The SMILES string of the molecule is NC(CF)c1cc(O)ccc1O. The van der Waals surface area contributed by atoms with E-state index in [-0.39, 0.29) is 17.1 Å². The number of rotatable bonds is 2. The molecule has 0 radical (unpaired) electrons. The Morgan fingerprint density at radius 2 is 2.08 bits per heavy atom. The van der Waals surface area contributed by atoms with Crippen LogP contribution in [-0.4, -0.2) is 16.9 Å². The van der Waals surface area contributed by atoms with Crippen molar-refractivity contribution in [3.63, 3.8) is 0 Å². The van der Waals surface area contributed by atoms with Gasteiger partial charge in [0, 0.05) is 5.56 Å². The number of phenols is 2. The molecule has 0 heterocycles. The molecular formula is C8H10FNO2. The molecule has 4 heteroatoms. The molecule has 0 fully saturated rings. The summed E-state index contributed by atoms with van der Waals surface area (Å²) in [4.78, 5) is 0. The zero-order valence-corrected chi connectivity index (χ0v) is 6.37. The molecule has 0 bridgehead atoms. The molecule has 1 aromatic carbocycles. The van der Waals surface area contributed by atoms with Crippen LogP contribution >= 0.6 is 0 Å². The maximum Gasteiger partial charge on any atom is 0.120 e. The number of aromatic hydroxyl groups is 2. The first-order valence-corrected chi connectivity index (χ1v) is 3.48. The van der Waals surface area contributed by atoms with E-state index in [4.69, 9.17) is 10.8 Å². The lowest BCUT2D eigenvalue weighted by Gasteiger charge is -2.09. The Morgan fingerprint density at radius 3 is 2.67 bits per heavy atom. The Kier molecular flexibility index (Phi) is 2.50. The number of hydrogen-bond donors (Lipinski definition) is 3. The smallest absolute Gasteiger partial charge is 0.120 e. The van der Waals surface area contributed by atoms with Crippen LogP contribution in [-0.2, 0) is 0 Å². The van der Waals surface area contributed by atoms with Crippen LogP contribution < -0.4 is 5.73 Å². The van der Waals surface area contributed by atoms with Crippen molar-refractivity contribution in [1.29, 1.82) is 0 Å². The topological polar surface area (TPSA) is 66.5 Å². The number of alkyl halides is 1. The number of halogens is 1. The molecule has 1 rings (SSSR count). The molecule has 1 unspecified atom stereocenters. The van der Waals surface area contributed by atoms with Crippen molar-refractivity contribution in [2.75, 3.05) is 6.67 Å². The average Bonchev–Trinajstić information content (AvgIpc) is 2.08. The molecule has 0 aromatic heterocycles. The summed E-state index contributed by atoms with van der Waals surface area (Å²) in [5.41, 5.74) is 5.54. The second-order valence-corrected chi connectivity index (χ2v) is 2.50. The minimum Gasteiger partial charge on any atom is -0.508 e. The minimum absolute atomic E-state index is 0.0355. The Morgan fingerprint density at radius 1 is 1.42 bits per heavy atom. The van der Waals surface area contributed by atoms with Gasteiger partial charge in [0.25, 0.3) is 0 Å². The third-order valence-electron chi connectivity index (χ3n) is 1.58. The van der Waals surface area contributed by atoms with E-state index in [1.54, 1.807) is 0 Å². The van der Waals surface area contributed by atoms with Crippen LogP contribution in [0.2, 0.25) is 0 Å². The highest BCUT2D eigenvalue weighted by Gasteiger charge is 2.10. The molecular weight excluding hydrogens is 161 g/mol. The molecule has 0 aliphatic heterocycles. The molecule has 4 N–H and O–H groups in total. The predicted molar refractivity (Wildman–Crippen MR) is 42.7 cm³/mol. The maximum atomic E-state index is 12.1. The van der Waals surface area contributed by atoms with Crippen LogP contribution in [0.15, 0.2) is 18.2 Å². The van der Waals surface area contributed by atoms with Gasteiger partial charge in [-0.2, -0.15) is 0 Å². The fourth-order valence-electron chi connectivity index (χ4n) is 0.922. The van der Waals surface area contributed by atoms with Gasteiger partial charge in [-0.15, -0.1) is 0 Å². The molecule has 3 nitrogen and oxygen atoms in total. The second kappa shape index (κ2) is 3.40. The summed E-state index contributed by atoms with van der Waals surface area (Å²) in [5, 5.41) is 18.2. The quantitative estimate of drug-likeness (QED) is 0.583. The molecule has 0 amide bonds. The van der Waals surface area contributed by atoms with E-state index in [2.05, 4.69) is 0 Å². The standard InChI is InChI=1S/C8H10FNO2/c9-4-7(10)6-3-5(11)1-2-8(6)12/h1-3,7,11-12H,4,10H2. The van der Waals surface area contributed by atoms with Crippen molar-refractivity contribution in [3.05, 3.63) is 23.8 Å².